The summed E-state index contributed by atoms with van der Waals surface area (Å²) in [6, 6.07) is 8.20. The highest BCUT2D eigenvalue weighted by atomic mass is 35.5. The molecule has 0 aliphatic carbocycles. The molecule has 0 bridgehead atoms. The number of benzene rings is 1. The van der Waals surface area contributed by atoms with Crippen molar-refractivity contribution in [3.05, 3.63) is 47.0 Å². The van der Waals surface area contributed by atoms with Crippen LogP contribution in [0.3, 0.4) is 0 Å². The van der Waals surface area contributed by atoms with E-state index in [0.717, 1.165) is 30.4 Å². The zero-order valence-corrected chi connectivity index (χ0v) is 10.8. The molecule has 0 radical (unpaired) electrons. The number of hydrogen-bond donors (Lipinski definition) is 1. The third-order valence-electron chi connectivity index (χ3n) is 3.26. The van der Waals surface area contributed by atoms with Gasteiger partial charge < -0.3 is 5.32 Å². The SMILES string of the molecule is Clc1ccc(Cn2ncnc2C2CCCN2)cc1. The molecule has 1 saturated heterocycles. The zero-order chi connectivity index (χ0) is 12.4. The predicted molar refractivity (Wildman–Crippen MR) is 70.6 cm³/mol. The molecule has 2 aromatic rings. The van der Waals surface area contributed by atoms with Crippen LogP contribution in [-0.2, 0) is 6.54 Å². The van der Waals surface area contributed by atoms with E-state index < -0.39 is 0 Å². The van der Waals surface area contributed by atoms with E-state index in [9.17, 15) is 0 Å². The minimum absolute atomic E-state index is 0.347. The van der Waals surface area contributed by atoms with E-state index >= 15 is 0 Å². The molecule has 3 rings (SSSR count). The van der Waals surface area contributed by atoms with Crippen molar-refractivity contribution in [2.45, 2.75) is 25.4 Å². The Morgan fingerprint density at radius 1 is 1.33 bits per heavy atom. The topological polar surface area (TPSA) is 42.7 Å². The fourth-order valence-corrected chi connectivity index (χ4v) is 2.46. The van der Waals surface area contributed by atoms with E-state index in [1.807, 2.05) is 28.9 Å². The van der Waals surface area contributed by atoms with Crippen molar-refractivity contribution in [2.75, 3.05) is 6.54 Å². The third-order valence-corrected chi connectivity index (χ3v) is 3.52. The molecule has 18 heavy (non-hydrogen) atoms. The molecular formula is C13H15ClN4. The van der Waals surface area contributed by atoms with Gasteiger partial charge in [0, 0.05) is 5.02 Å². The summed E-state index contributed by atoms with van der Waals surface area (Å²) in [4.78, 5) is 4.38. The number of halogens is 1. The van der Waals surface area contributed by atoms with Gasteiger partial charge in [-0.3, -0.25) is 0 Å². The number of hydrogen-bond acceptors (Lipinski definition) is 3. The average Bonchev–Trinajstić information content (AvgIpc) is 3.02. The van der Waals surface area contributed by atoms with Crippen LogP contribution in [0.4, 0.5) is 0 Å². The Morgan fingerprint density at radius 2 is 2.17 bits per heavy atom. The van der Waals surface area contributed by atoms with Crippen molar-refractivity contribution in [3.63, 3.8) is 0 Å². The second-order valence-corrected chi connectivity index (χ2v) is 4.99. The summed E-state index contributed by atoms with van der Waals surface area (Å²) in [6.07, 6.45) is 3.98. The Kier molecular flexibility index (Phi) is 3.30. The lowest BCUT2D eigenvalue weighted by Crippen LogP contribution is -2.19. The van der Waals surface area contributed by atoms with Gasteiger partial charge in [-0.2, -0.15) is 5.10 Å². The molecule has 1 atom stereocenters. The minimum atomic E-state index is 0.347. The average molecular weight is 263 g/mol. The van der Waals surface area contributed by atoms with Gasteiger partial charge in [-0.05, 0) is 37.1 Å². The number of aromatic nitrogens is 3. The second-order valence-electron chi connectivity index (χ2n) is 4.55. The summed E-state index contributed by atoms with van der Waals surface area (Å²) >= 11 is 5.88. The van der Waals surface area contributed by atoms with Gasteiger partial charge in [0.25, 0.3) is 0 Å². The van der Waals surface area contributed by atoms with Crippen LogP contribution in [0.15, 0.2) is 30.6 Å². The fraction of sp³-hybridized carbons (Fsp3) is 0.385. The van der Waals surface area contributed by atoms with Crippen molar-refractivity contribution in [2.24, 2.45) is 0 Å². The molecule has 1 aromatic heterocycles. The van der Waals surface area contributed by atoms with Gasteiger partial charge in [0.2, 0.25) is 0 Å². The van der Waals surface area contributed by atoms with E-state index in [2.05, 4.69) is 15.4 Å². The van der Waals surface area contributed by atoms with Crippen LogP contribution in [0, 0.1) is 0 Å². The Hall–Kier alpha value is -1.39. The second kappa shape index (κ2) is 5.08. The Bertz CT molecular complexity index is 514. The molecule has 0 spiro atoms. The van der Waals surface area contributed by atoms with Gasteiger partial charge in [-0.25, -0.2) is 9.67 Å². The Labute approximate surface area is 111 Å². The summed E-state index contributed by atoms with van der Waals surface area (Å²) < 4.78 is 1.96. The molecule has 94 valence electrons. The van der Waals surface area contributed by atoms with E-state index in [1.54, 1.807) is 6.33 Å². The number of nitrogens with one attached hydrogen (secondary N) is 1. The fourth-order valence-electron chi connectivity index (χ4n) is 2.33. The third kappa shape index (κ3) is 2.40. The highest BCUT2D eigenvalue weighted by Crippen LogP contribution is 2.21. The normalized spacial score (nSPS) is 19.3. The molecule has 1 aliphatic rings. The Balaban J connectivity index is 1.80. The van der Waals surface area contributed by atoms with E-state index in [1.165, 1.54) is 12.0 Å². The van der Waals surface area contributed by atoms with Gasteiger partial charge >= 0.3 is 0 Å². The molecule has 0 amide bonds. The van der Waals surface area contributed by atoms with Gasteiger partial charge in [0.15, 0.2) is 0 Å². The van der Waals surface area contributed by atoms with E-state index in [-0.39, 0.29) is 0 Å². The van der Waals surface area contributed by atoms with Crippen LogP contribution >= 0.6 is 11.6 Å². The van der Waals surface area contributed by atoms with Gasteiger partial charge in [-0.1, -0.05) is 23.7 Å². The lowest BCUT2D eigenvalue weighted by molar-refractivity contribution is 0.537. The zero-order valence-electron chi connectivity index (χ0n) is 10.0. The standard InChI is InChI=1S/C13H15ClN4/c14-11-5-3-10(4-6-11)8-18-13(16-9-17-18)12-2-1-7-15-12/h3-6,9,12,15H,1-2,7-8H2. The van der Waals surface area contributed by atoms with Crippen LogP contribution in [-0.4, -0.2) is 21.3 Å². The Morgan fingerprint density at radius 3 is 2.89 bits per heavy atom. The number of nitrogens with zero attached hydrogens (tertiary/aromatic N) is 3. The first-order valence-electron chi connectivity index (χ1n) is 6.18. The van der Waals surface area contributed by atoms with E-state index in [0.29, 0.717) is 6.04 Å². The quantitative estimate of drug-likeness (QED) is 0.924. The minimum Gasteiger partial charge on any atom is -0.307 e. The van der Waals surface area contributed by atoms with E-state index in [4.69, 9.17) is 11.6 Å². The molecule has 2 heterocycles. The molecule has 0 saturated carbocycles. The van der Waals surface area contributed by atoms with Crippen molar-refractivity contribution >= 4 is 11.6 Å². The molecule has 4 nitrogen and oxygen atoms in total. The first-order valence-corrected chi connectivity index (χ1v) is 6.56. The molecular weight excluding hydrogens is 248 g/mol. The van der Waals surface area contributed by atoms with Crippen molar-refractivity contribution in [1.29, 1.82) is 0 Å². The molecule has 1 N–H and O–H groups in total. The highest BCUT2D eigenvalue weighted by molar-refractivity contribution is 6.30. The largest absolute Gasteiger partial charge is 0.307 e. The summed E-state index contributed by atoms with van der Waals surface area (Å²) in [5.41, 5.74) is 1.18. The van der Waals surface area contributed by atoms with Gasteiger partial charge in [0.05, 0.1) is 12.6 Å². The van der Waals surface area contributed by atoms with Crippen LogP contribution < -0.4 is 5.32 Å². The van der Waals surface area contributed by atoms with Gasteiger partial charge in [-0.15, -0.1) is 0 Å². The molecule has 5 heteroatoms. The molecule has 1 aromatic carbocycles. The summed E-state index contributed by atoms with van der Waals surface area (Å²) in [5.74, 6) is 1.03. The lowest BCUT2D eigenvalue weighted by Gasteiger charge is -2.11. The van der Waals surface area contributed by atoms with Gasteiger partial charge in [0.1, 0.15) is 12.2 Å². The predicted octanol–water partition coefficient (Wildman–Crippen LogP) is 2.40. The molecule has 1 unspecified atom stereocenters. The van der Waals surface area contributed by atoms with Crippen molar-refractivity contribution < 1.29 is 0 Å². The molecule has 1 aliphatic heterocycles. The van der Waals surface area contributed by atoms with Crippen molar-refractivity contribution in [3.8, 4) is 0 Å². The maximum absolute atomic E-state index is 5.88. The first-order chi connectivity index (χ1) is 8.83. The lowest BCUT2D eigenvalue weighted by atomic mass is 10.2. The maximum atomic E-state index is 5.88. The van der Waals surface area contributed by atoms with Crippen LogP contribution in [0.25, 0.3) is 0 Å². The van der Waals surface area contributed by atoms with Crippen LogP contribution in [0.5, 0.6) is 0 Å². The summed E-state index contributed by atoms with van der Waals surface area (Å²) in [5, 5.41) is 8.52. The monoisotopic (exact) mass is 262 g/mol. The maximum Gasteiger partial charge on any atom is 0.144 e. The summed E-state index contributed by atoms with van der Waals surface area (Å²) in [7, 11) is 0. The highest BCUT2D eigenvalue weighted by Gasteiger charge is 2.21. The molecule has 1 fully saturated rings. The first kappa shape index (κ1) is 11.7. The number of rotatable bonds is 3. The van der Waals surface area contributed by atoms with Crippen LogP contribution in [0.2, 0.25) is 5.02 Å². The van der Waals surface area contributed by atoms with Crippen molar-refractivity contribution in [1.82, 2.24) is 20.1 Å². The smallest absolute Gasteiger partial charge is 0.144 e. The van der Waals surface area contributed by atoms with Crippen LogP contribution in [0.1, 0.15) is 30.3 Å². The summed E-state index contributed by atoms with van der Waals surface area (Å²) in [6.45, 7) is 1.81.